The van der Waals surface area contributed by atoms with E-state index in [-0.39, 0.29) is 5.75 Å². The highest BCUT2D eigenvalue weighted by atomic mass is 16.5. The summed E-state index contributed by atoms with van der Waals surface area (Å²) in [5.41, 5.74) is 1.80. The molecule has 4 heteroatoms. The lowest BCUT2D eigenvalue weighted by atomic mass is 10.1. The molecule has 0 bridgehead atoms. The molecule has 0 fully saturated rings. The molecule has 0 atom stereocenters. The Morgan fingerprint density at radius 2 is 2.00 bits per heavy atom. The molecule has 0 spiro atoms. The van der Waals surface area contributed by atoms with Gasteiger partial charge in [0.25, 0.3) is 0 Å². The Labute approximate surface area is 123 Å². The Kier molecular flexibility index (Phi) is 3.60. The van der Waals surface area contributed by atoms with Crippen LogP contribution >= 0.6 is 0 Å². The second-order valence-corrected chi connectivity index (χ2v) is 4.72. The number of aromatic hydroxyl groups is 1. The van der Waals surface area contributed by atoms with Gasteiger partial charge in [0, 0.05) is 41.0 Å². The number of methoxy groups -OCH3 is 1. The van der Waals surface area contributed by atoms with Gasteiger partial charge >= 0.3 is 0 Å². The lowest BCUT2D eigenvalue weighted by Crippen LogP contribution is -2.01. The van der Waals surface area contributed by atoms with Gasteiger partial charge in [-0.25, -0.2) is 0 Å². The summed E-state index contributed by atoms with van der Waals surface area (Å²) in [5, 5.41) is 15.6. The van der Waals surface area contributed by atoms with Crippen LogP contribution < -0.4 is 10.1 Å². The number of nitrogens with one attached hydrogen (secondary N) is 1. The van der Waals surface area contributed by atoms with Crippen LogP contribution in [0.5, 0.6) is 11.5 Å². The second kappa shape index (κ2) is 5.71. The molecule has 0 aliphatic heterocycles. The van der Waals surface area contributed by atoms with Gasteiger partial charge in [-0.3, -0.25) is 4.98 Å². The number of aromatic nitrogens is 1. The molecule has 4 nitrogen and oxygen atoms in total. The largest absolute Gasteiger partial charge is 0.504 e. The fraction of sp³-hybridized carbons (Fsp3) is 0.118. The summed E-state index contributed by atoms with van der Waals surface area (Å²) < 4.78 is 5.12. The van der Waals surface area contributed by atoms with Crippen LogP contribution in [0, 0.1) is 0 Å². The van der Waals surface area contributed by atoms with Crippen LogP contribution in [-0.2, 0) is 6.54 Å². The number of rotatable bonds is 4. The number of para-hydroxylation sites is 1. The lowest BCUT2D eigenvalue weighted by molar-refractivity contribution is 0.371. The Hall–Kier alpha value is -2.75. The Morgan fingerprint density at radius 1 is 1.14 bits per heavy atom. The molecular formula is C17H16N2O2. The van der Waals surface area contributed by atoms with Crippen molar-refractivity contribution in [3.05, 3.63) is 60.4 Å². The Balaban J connectivity index is 1.87. The minimum absolute atomic E-state index is 0.175. The van der Waals surface area contributed by atoms with Crippen LogP contribution in [0.1, 0.15) is 5.56 Å². The molecule has 0 amide bonds. The molecule has 0 radical (unpaired) electrons. The Morgan fingerprint density at radius 3 is 2.86 bits per heavy atom. The minimum atomic E-state index is 0.175. The number of hydrogen-bond donors (Lipinski definition) is 2. The van der Waals surface area contributed by atoms with E-state index >= 15 is 0 Å². The predicted octanol–water partition coefficient (Wildman–Crippen LogP) is 3.56. The van der Waals surface area contributed by atoms with Crippen LogP contribution in [-0.4, -0.2) is 17.2 Å². The van der Waals surface area contributed by atoms with E-state index in [1.807, 2.05) is 42.6 Å². The van der Waals surface area contributed by atoms with Gasteiger partial charge in [-0.05, 0) is 18.2 Å². The maximum absolute atomic E-state index is 10.1. The van der Waals surface area contributed by atoms with E-state index in [0.29, 0.717) is 12.3 Å². The van der Waals surface area contributed by atoms with Crippen molar-refractivity contribution in [2.75, 3.05) is 12.4 Å². The average Bonchev–Trinajstić information content (AvgIpc) is 2.54. The first-order valence-electron chi connectivity index (χ1n) is 6.71. The van der Waals surface area contributed by atoms with Crippen molar-refractivity contribution in [3.63, 3.8) is 0 Å². The molecule has 106 valence electrons. The summed E-state index contributed by atoms with van der Waals surface area (Å²) in [6.07, 6.45) is 3.61. The number of fused-ring (bicyclic) bond motifs is 1. The molecule has 0 aliphatic carbocycles. The van der Waals surface area contributed by atoms with Crippen LogP contribution in [0.15, 0.2) is 54.9 Å². The van der Waals surface area contributed by atoms with Crippen LogP contribution in [0.25, 0.3) is 10.8 Å². The normalized spacial score (nSPS) is 10.5. The van der Waals surface area contributed by atoms with Gasteiger partial charge in [0.1, 0.15) is 0 Å². The second-order valence-electron chi connectivity index (χ2n) is 4.72. The molecule has 0 saturated heterocycles. The average molecular weight is 280 g/mol. The number of nitrogens with zero attached hydrogens (tertiary/aromatic N) is 1. The van der Waals surface area contributed by atoms with Crippen LogP contribution in [0.3, 0.4) is 0 Å². The third kappa shape index (κ3) is 2.60. The third-order valence-electron chi connectivity index (χ3n) is 3.45. The summed E-state index contributed by atoms with van der Waals surface area (Å²) in [5.74, 6) is 0.658. The number of hydrogen-bond acceptors (Lipinski definition) is 4. The van der Waals surface area contributed by atoms with E-state index in [1.54, 1.807) is 19.4 Å². The van der Waals surface area contributed by atoms with E-state index in [0.717, 1.165) is 22.0 Å². The molecule has 0 unspecified atom stereocenters. The summed E-state index contributed by atoms with van der Waals surface area (Å²) in [6.45, 7) is 0.518. The van der Waals surface area contributed by atoms with Gasteiger partial charge in [0.05, 0.1) is 7.11 Å². The first-order chi connectivity index (χ1) is 10.3. The summed E-state index contributed by atoms with van der Waals surface area (Å²) in [4.78, 5) is 4.12. The van der Waals surface area contributed by atoms with Gasteiger partial charge in [0.2, 0.25) is 0 Å². The number of phenols is 1. The molecule has 2 aromatic carbocycles. The first-order valence-corrected chi connectivity index (χ1v) is 6.71. The standard InChI is InChI=1S/C17H16N2O2/c1-21-16-7-3-5-13(17(16)20)11-19-15-6-2-4-12-10-18-9-8-14(12)15/h2-10,19-20H,11H2,1H3. The van der Waals surface area contributed by atoms with Crippen molar-refractivity contribution >= 4 is 16.5 Å². The van der Waals surface area contributed by atoms with Crippen LogP contribution in [0.4, 0.5) is 5.69 Å². The summed E-state index contributed by atoms with van der Waals surface area (Å²) in [7, 11) is 1.55. The van der Waals surface area contributed by atoms with Crippen molar-refractivity contribution in [2.24, 2.45) is 0 Å². The molecule has 1 heterocycles. The van der Waals surface area contributed by atoms with Gasteiger partial charge in [-0.1, -0.05) is 24.3 Å². The lowest BCUT2D eigenvalue weighted by Gasteiger charge is -2.12. The topological polar surface area (TPSA) is 54.4 Å². The number of anilines is 1. The number of pyridine rings is 1. The first kappa shape index (κ1) is 13.2. The van der Waals surface area contributed by atoms with Gasteiger partial charge in [0.15, 0.2) is 11.5 Å². The van der Waals surface area contributed by atoms with Crippen LogP contribution in [0.2, 0.25) is 0 Å². The SMILES string of the molecule is COc1cccc(CNc2cccc3cnccc23)c1O. The zero-order valence-corrected chi connectivity index (χ0v) is 11.7. The molecule has 2 N–H and O–H groups in total. The molecular weight excluding hydrogens is 264 g/mol. The van der Waals surface area contributed by atoms with E-state index < -0.39 is 0 Å². The van der Waals surface area contributed by atoms with Crippen molar-refractivity contribution in [2.45, 2.75) is 6.54 Å². The van der Waals surface area contributed by atoms with Gasteiger partial charge in [-0.15, -0.1) is 0 Å². The molecule has 3 rings (SSSR count). The maximum atomic E-state index is 10.1. The zero-order chi connectivity index (χ0) is 14.7. The number of benzene rings is 2. The fourth-order valence-corrected chi connectivity index (χ4v) is 2.34. The number of ether oxygens (including phenoxy) is 1. The molecule has 3 aromatic rings. The quantitative estimate of drug-likeness (QED) is 0.767. The van der Waals surface area contributed by atoms with E-state index in [9.17, 15) is 5.11 Å². The Bertz CT molecular complexity index is 766. The highest BCUT2D eigenvalue weighted by Crippen LogP contribution is 2.30. The van der Waals surface area contributed by atoms with Gasteiger partial charge in [-0.2, -0.15) is 0 Å². The molecule has 21 heavy (non-hydrogen) atoms. The summed E-state index contributed by atoms with van der Waals surface area (Å²) >= 11 is 0. The predicted molar refractivity (Wildman–Crippen MR) is 83.7 cm³/mol. The highest BCUT2D eigenvalue weighted by Gasteiger charge is 2.07. The third-order valence-corrected chi connectivity index (χ3v) is 3.45. The zero-order valence-electron chi connectivity index (χ0n) is 11.7. The van der Waals surface area contributed by atoms with E-state index in [4.69, 9.17) is 4.74 Å². The monoisotopic (exact) mass is 280 g/mol. The van der Waals surface area contributed by atoms with Crippen molar-refractivity contribution < 1.29 is 9.84 Å². The fourth-order valence-electron chi connectivity index (χ4n) is 2.34. The smallest absolute Gasteiger partial charge is 0.162 e. The highest BCUT2D eigenvalue weighted by molar-refractivity contribution is 5.93. The minimum Gasteiger partial charge on any atom is -0.504 e. The number of phenolic OH excluding ortho intramolecular Hbond substituents is 1. The van der Waals surface area contributed by atoms with Crippen molar-refractivity contribution in [1.29, 1.82) is 0 Å². The molecule has 1 aromatic heterocycles. The van der Waals surface area contributed by atoms with E-state index in [1.165, 1.54) is 0 Å². The summed E-state index contributed by atoms with van der Waals surface area (Å²) in [6, 6.07) is 13.5. The van der Waals surface area contributed by atoms with Crippen molar-refractivity contribution in [3.8, 4) is 11.5 Å². The van der Waals surface area contributed by atoms with Crippen molar-refractivity contribution in [1.82, 2.24) is 4.98 Å². The molecule has 0 saturated carbocycles. The molecule has 0 aliphatic rings. The van der Waals surface area contributed by atoms with E-state index in [2.05, 4.69) is 10.3 Å². The maximum Gasteiger partial charge on any atom is 0.162 e. The van der Waals surface area contributed by atoms with Gasteiger partial charge < -0.3 is 15.2 Å².